The summed E-state index contributed by atoms with van der Waals surface area (Å²) in [4.78, 5) is 27.4. The lowest BCUT2D eigenvalue weighted by Gasteiger charge is -2.32. The molecule has 3 rings (SSSR count). The molecule has 0 spiro atoms. The third kappa shape index (κ3) is 5.29. The first kappa shape index (κ1) is 24.5. The SMILES string of the molecule is CCOC(=O)[C@H](C1O[C@H](c2ccccc2)[C@H](C)N1C(=O)OCC)[C@@H](O)c1ccc(OC)cc1. The van der Waals surface area contributed by atoms with Crippen molar-refractivity contribution >= 4 is 12.1 Å². The number of carbonyl (C=O) groups excluding carboxylic acids is 2. The Morgan fingerprint density at radius 1 is 1.03 bits per heavy atom. The van der Waals surface area contributed by atoms with Gasteiger partial charge in [0.2, 0.25) is 0 Å². The van der Waals surface area contributed by atoms with Crippen molar-refractivity contribution in [2.24, 2.45) is 5.92 Å². The summed E-state index contributed by atoms with van der Waals surface area (Å²) in [6, 6.07) is 15.7. The highest BCUT2D eigenvalue weighted by molar-refractivity contribution is 5.76. The highest BCUT2D eigenvalue weighted by Gasteiger charge is 2.52. The van der Waals surface area contributed by atoms with Gasteiger partial charge in [0.1, 0.15) is 17.8 Å². The molecule has 1 saturated heterocycles. The molecule has 1 fully saturated rings. The second-order valence-electron chi connectivity index (χ2n) is 7.70. The number of aliphatic hydroxyl groups is 1. The van der Waals surface area contributed by atoms with E-state index in [-0.39, 0.29) is 13.2 Å². The summed E-state index contributed by atoms with van der Waals surface area (Å²) in [5, 5.41) is 11.3. The Bertz CT molecular complexity index is 918. The minimum Gasteiger partial charge on any atom is -0.497 e. The summed E-state index contributed by atoms with van der Waals surface area (Å²) in [5.74, 6) is -1.25. The summed E-state index contributed by atoms with van der Waals surface area (Å²) in [6.45, 7) is 5.50. The van der Waals surface area contributed by atoms with Crippen LogP contribution >= 0.6 is 0 Å². The molecule has 0 aliphatic carbocycles. The van der Waals surface area contributed by atoms with E-state index in [4.69, 9.17) is 18.9 Å². The molecule has 1 N–H and O–H groups in total. The zero-order valence-corrected chi connectivity index (χ0v) is 19.3. The topological polar surface area (TPSA) is 94.5 Å². The van der Waals surface area contributed by atoms with Crippen LogP contribution in [0.2, 0.25) is 0 Å². The van der Waals surface area contributed by atoms with Crippen molar-refractivity contribution in [3.05, 3.63) is 65.7 Å². The van der Waals surface area contributed by atoms with Gasteiger partial charge in [-0.05, 0) is 44.0 Å². The molecule has 0 aromatic heterocycles. The molecule has 1 aliphatic rings. The molecule has 178 valence electrons. The van der Waals surface area contributed by atoms with Crippen molar-refractivity contribution in [2.75, 3.05) is 20.3 Å². The summed E-state index contributed by atoms with van der Waals surface area (Å²) in [5.41, 5.74) is 1.32. The lowest BCUT2D eigenvalue weighted by atomic mass is 9.93. The highest BCUT2D eigenvalue weighted by Crippen LogP contribution is 2.42. The molecule has 8 nitrogen and oxygen atoms in total. The van der Waals surface area contributed by atoms with E-state index in [2.05, 4.69) is 0 Å². The number of hydrogen-bond donors (Lipinski definition) is 1. The fraction of sp³-hybridized carbons (Fsp3) is 0.440. The quantitative estimate of drug-likeness (QED) is 0.602. The van der Waals surface area contributed by atoms with E-state index in [1.54, 1.807) is 45.2 Å². The van der Waals surface area contributed by atoms with Gasteiger partial charge in [0.05, 0.1) is 32.5 Å². The lowest BCUT2D eigenvalue weighted by molar-refractivity contribution is -0.165. The zero-order valence-electron chi connectivity index (χ0n) is 19.3. The van der Waals surface area contributed by atoms with Gasteiger partial charge in [-0.1, -0.05) is 42.5 Å². The first-order valence-electron chi connectivity index (χ1n) is 11.1. The van der Waals surface area contributed by atoms with Crippen LogP contribution in [-0.4, -0.2) is 54.7 Å². The minimum absolute atomic E-state index is 0.120. The molecular formula is C25H31NO7. The van der Waals surface area contributed by atoms with Gasteiger partial charge < -0.3 is 24.1 Å². The predicted octanol–water partition coefficient (Wildman–Crippen LogP) is 3.85. The Balaban J connectivity index is 2.02. The smallest absolute Gasteiger partial charge is 0.412 e. The van der Waals surface area contributed by atoms with Gasteiger partial charge in [-0.3, -0.25) is 9.69 Å². The van der Waals surface area contributed by atoms with E-state index in [9.17, 15) is 14.7 Å². The maximum absolute atomic E-state index is 13.1. The Morgan fingerprint density at radius 2 is 1.67 bits per heavy atom. The van der Waals surface area contributed by atoms with Crippen molar-refractivity contribution in [1.29, 1.82) is 0 Å². The second kappa shape index (κ2) is 11.2. The number of nitrogens with zero attached hydrogens (tertiary/aromatic N) is 1. The first-order valence-corrected chi connectivity index (χ1v) is 11.1. The monoisotopic (exact) mass is 457 g/mol. The highest BCUT2D eigenvalue weighted by atomic mass is 16.6. The molecule has 1 heterocycles. The summed E-state index contributed by atoms with van der Waals surface area (Å²) in [7, 11) is 1.54. The number of ether oxygens (including phenoxy) is 4. The number of rotatable bonds is 8. The Morgan fingerprint density at radius 3 is 2.24 bits per heavy atom. The van der Waals surface area contributed by atoms with Gasteiger partial charge in [-0.25, -0.2) is 4.79 Å². The molecular weight excluding hydrogens is 426 g/mol. The van der Waals surface area contributed by atoms with E-state index in [0.717, 1.165) is 5.56 Å². The molecule has 33 heavy (non-hydrogen) atoms. The molecule has 1 unspecified atom stereocenters. The fourth-order valence-corrected chi connectivity index (χ4v) is 4.08. The summed E-state index contributed by atoms with van der Waals surface area (Å²) >= 11 is 0. The Hall–Kier alpha value is -3.10. The molecule has 5 atom stereocenters. The molecule has 0 saturated carbocycles. The van der Waals surface area contributed by atoms with E-state index in [1.807, 2.05) is 37.3 Å². The van der Waals surface area contributed by atoms with Crippen molar-refractivity contribution in [1.82, 2.24) is 4.90 Å². The van der Waals surface area contributed by atoms with Crippen LogP contribution in [0.4, 0.5) is 4.79 Å². The van der Waals surface area contributed by atoms with Crippen LogP contribution in [0.15, 0.2) is 54.6 Å². The molecule has 2 aromatic carbocycles. The molecule has 1 amide bonds. The number of esters is 1. The maximum Gasteiger partial charge on any atom is 0.412 e. The minimum atomic E-state index is -1.29. The van der Waals surface area contributed by atoms with Gasteiger partial charge in [-0.2, -0.15) is 0 Å². The Labute approximate surface area is 194 Å². The largest absolute Gasteiger partial charge is 0.497 e. The lowest BCUT2D eigenvalue weighted by Crippen LogP contribution is -2.49. The van der Waals surface area contributed by atoms with Crippen LogP contribution in [0, 0.1) is 5.92 Å². The average molecular weight is 458 g/mol. The van der Waals surface area contributed by atoms with Gasteiger partial charge in [0.25, 0.3) is 0 Å². The zero-order chi connectivity index (χ0) is 24.0. The van der Waals surface area contributed by atoms with Crippen LogP contribution in [0.25, 0.3) is 0 Å². The van der Waals surface area contributed by atoms with E-state index in [0.29, 0.717) is 11.3 Å². The second-order valence-corrected chi connectivity index (χ2v) is 7.70. The molecule has 2 aromatic rings. The van der Waals surface area contributed by atoms with E-state index >= 15 is 0 Å². The van der Waals surface area contributed by atoms with E-state index in [1.165, 1.54) is 4.90 Å². The van der Waals surface area contributed by atoms with Crippen molar-refractivity contribution in [3.8, 4) is 5.75 Å². The van der Waals surface area contributed by atoms with Gasteiger partial charge >= 0.3 is 12.1 Å². The average Bonchev–Trinajstić information content (AvgIpc) is 3.16. The third-order valence-electron chi connectivity index (χ3n) is 5.71. The molecule has 0 radical (unpaired) electrons. The number of benzene rings is 2. The standard InChI is InChI=1S/C25H31NO7/c1-5-31-24(28)20(21(27)17-12-14-19(30-4)15-13-17)23-26(25(29)32-6-2)16(3)22(33-23)18-10-8-7-9-11-18/h7-16,20-23,27H,5-6H2,1-4H3/t16-,20-,21-,22-,23?/m0/s1. The van der Waals surface area contributed by atoms with Crippen LogP contribution in [0.1, 0.15) is 44.1 Å². The van der Waals surface area contributed by atoms with Gasteiger partial charge in [-0.15, -0.1) is 0 Å². The number of amides is 1. The van der Waals surface area contributed by atoms with Crippen LogP contribution in [0.3, 0.4) is 0 Å². The molecule has 8 heteroatoms. The maximum atomic E-state index is 13.1. The van der Waals surface area contributed by atoms with Gasteiger partial charge in [0.15, 0.2) is 6.23 Å². The third-order valence-corrected chi connectivity index (χ3v) is 5.71. The normalized spacial score (nSPS) is 21.8. The predicted molar refractivity (Wildman–Crippen MR) is 120 cm³/mol. The van der Waals surface area contributed by atoms with Crippen molar-refractivity contribution < 1.29 is 33.6 Å². The van der Waals surface area contributed by atoms with Crippen molar-refractivity contribution in [2.45, 2.75) is 45.2 Å². The van der Waals surface area contributed by atoms with Gasteiger partial charge in [0, 0.05) is 0 Å². The van der Waals surface area contributed by atoms with Crippen molar-refractivity contribution in [3.63, 3.8) is 0 Å². The summed E-state index contributed by atoms with van der Waals surface area (Å²) < 4.78 is 22.0. The Kier molecular flexibility index (Phi) is 8.30. The number of aliphatic hydroxyl groups excluding tert-OH is 1. The fourth-order valence-electron chi connectivity index (χ4n) is 4.08. The summed E-state index contributed by atoms with van der Waals surface area (Å²) in [6.07, 6.45) is -3.52. The first-order chi connectivity index (χ1) is 15.9. The van der Waals surface area contributed by atoms with E-state index < -0.39 is 42.5 Å². The molecule has 1 aliphatic heterocycles. The number of methoxy groups -OCH3 is 1. The number of hydrogen-bond acceptors (Lipinski definition) is 7. The molecule has 0 bridgehead atoms. The van der Waals surface area contributed by atoms with Crippen LogP contribution < -0.4 is 4.74 Å². The number of carbonyl (C=O) groups is 2. The van der Waals surface area contributed by atoms with Crippen LogP contribution in [-0.2, 0) is 19.0 Å². The van der Waals surface area contributed by atoms with Crippen LogP contribution in [0.5, 0.6) is 5.75 Å².